The lowest BCUT2D eigenvalue weighted by Gasteiger charge is -2.19. The predicted molar refractivity (Wildman–Crippen MR) is 237 cm³/mol. The molecule has 2 heterocycles. The summed E-state index contributed by atoms with van der Waals surface area (Å²) in [5.41, 5.74) is 11.6. The van der Waals surface area contributed by atoms with E-state index >= 15 is 0 Å². The van der Waals surface area contributed by atoms with E-state index in [-0.39, 0.29) is 0 Å². The molecular formula is C54H34N2O. The topological polar surface area (TPSA) is 38.9 Å². The van der Waals surface area contributed by atoms with Gasteiger partial charge < -0.3 is 4.42 Å². The van der Waals surface area contributed by atoms with Crippen LogP contribution in [0.25, 0.3) is 111 Å². The Labute approximate surface area is 330 Å². The Hall–Kier alpha value is -7.62. The van der Waals surface area contributed by atoms with E-state index in [9.17, 15) is 0 Å². The molecular weight excluding hydrogens is 693 g/mol. The largest absolute Gasteiger partial charge is 0.454 e. The summed E-state index contributed by atoms with van der Waals surface area (Å²) in [6.07, 6.45) is 0. The van der Waals surface area contributed by atoms with Crippen molar-refractivity contribution < 1.29 is 4.42 Å². The summed E-state index contributed by atoms with van der Waals surface area (Å²) in [7, 11) is 0. The fraction of sp³-hybridized carbons (Fsp3) is 0. The minimum atomic E-state index is 0.660. The van der Waals surface area contributed by atoms with Crippen molar-refractivity contribution in [2.45, 2.75) is 0 Å². The van der Waals surface area contributed by atoms with Crippen molar-refractivity contribution in [3.05, 3.63) is 206 Å². The maximum Gasteiger partial charge on any atom is 0.160 e. The summed E-state index contributed by atoms with van der Waals surface area (Å²) in [5.74, 6) is 1.38. The van der Waals surface area contributed by atoms with Crippen molar-refractivity contribution in [1.29, 1.82) is 0 Å². The van der Waals surface area contributed by atoms with Crippen LogP contribution in [-0.2, 0) is 0 Å². The molecule has 3 nitrogen and oxygen atoms in total. The minimum absolute atomic E-state index is 0.660. The fourth-order valence-electron chi connectivity index (χ4n) is 8.37. The first kappa shape index (κ1) is 32.8. The van der Waals surface area contributed by atoms with Gasteiger partial charge in [0.2, 0.25) is 0 Å². The molecule has 0 saturated heterocycles. The van der Waals surface area contributed by atoms with E-state index in [1.54, 1.807) is 0 Å². The van der Waals surface area contributed by atoms with E-state index in [4.69, 9.17) is 14.4 Å². The maximum atomic E-state index is 6.26. The molecule has 0 atom stereocenters. The van der Waals surface area contributed by atoms with Crippen LogP contribution in [0, 0.1) is 0 Å². The summed E-state index contributed by atoms with van der Waals surface area (Å²) >= 11 is 0. The third-order valence-corrected chi connectivity index (χ3v) is 11.1. The normalized spacial score (nSPS) is 11.5. The van der Waals surface area contributed by atoms with Crippen molar-refractivity contribution in [2.75, 3.05) is 0 Å². The zero-order chi connectivity index (χ0) is 37.7. The van der Waals surface area contributed by atoms with Gasteiger partial charge in [-0.1, -0.05) is 188 Å². The van der Waals surface area contributed by atoms with Crippen LogP contribution in [0.4, 0.5) is 0 Å². The van der Waals surface area contributed by atoms with Gasteiger partial charge in [0, 0.05) is 16.5 Å². The van der Waals surface area contributed by atoms with Crippen molar-refractivity contribution in [3.8, 4) is 67.5 Å². The highest BCUT2D eigenvalue weighted by Gasteiger charge is 2.19. The average molecular weight is 727 g/mol. The Morgan fingerprint density at radius 1 is 0.316 bits per heavy atom. The molecule has 11 rings (SSSR count). The second-order valence-electron chi connectivity index (χ2n) is 14.5. The van der Waals surface area contributed by atoms with E-state index in [1.807, 2.05) is 54.6 Å². The second-order valence-corrected chi connectivity index (χ2v) is 14.5. The van der Waals surface area contributed by atoms with E-state index in [1.165, 1.54) is 54.6 Å². The number of para-hydroxylation sites is 1. The van der Waals surface area contributed by atoms with Crippen LogP contribution in [0.1, 0.15) is 0 Å². The Kier molecular flexibility index (Phi) is 7.82. The molecule has 0 aliphatic carbocycles. The first-order chi connectivity index (χ1) is 28.2. The van der Waals surface area contributed by atoms with Gasteiger partial charge in [-0.15, -0.1) is 0 Å². The highest BCUT2D eigenvalue weighted by Crippen LogP contribution is 2.46. The lowest BCUT2D eigenvalue weighted by Crippen LogP contribution is -1.95. The molecule has 9 aromatic carbocycles. The van der Waals surface area contributed by atoms with E-state index in [2.05, 4.69) is 152 Å². The van der Waals surface area contributed by atoms with Gasteiger partial charge in [0.1, 0.15) is 11.3 Å². The molecule has 2 aromatic heterocycles. The Balaban J connectivity index is 1.00. The third kappa shape index (κ3) is 5.76. The van der Waals surface area contributed by atoms with Gasteiger partial charge in [-0.25, -0.2) is 9.97 Å². The summed E-state index contributed by atoms with van der Waals surface area (Å²) in [6, 6.07) is 73.0. The number of nitrogens with zero attached hydrogens (tertiary/aromatic N) is 2. The minimum Gasteiger partial charge on any atom is -0.454 e. The number of aromatic nitrogens is 2. The van der Waals surface area contributed by atoms with Crippen molar-refractivity contribution >= 4 is 43.3 Å². The molecule has 0 aliphatic rings. The number of benzene rings is 9. The van der Waals surface area contributed by atoms with Crippen LogP contribution in [0.3, 0.4) is 0 Å². The number of fused-ring (bicyclic) bond motifs is 5. The van der Waals surface area contributed by atoms with Crippen LogP contribution in [-0.4, -0.2) is 9.97 Å². The molecule has 0 radical (unpaired) electrons. The SMILES string of the molecule is c1ccc(-c2nc(-c3ccc(-c4ccc(-c5c6ccccc6c(-c6ccccc6)c6ccc7ccccc7c56)cc4)cc3)cc(-c3cc4ccccc4o3)n2)cc1. The second kappa shape index (κ2) is 13.6. The fourth-order valence-corrected chi connectivity index (χ4v) is 8.37. The highest BCUT2D eigenvalue weighted by molar-refractivity contribution is 6.27. The van der Waals surface area contributed by atoms with E-state index < -0.39 is 0 Å². The number of furan rings is 1. The molecule has 0 saturated carbocycles. The van der Waals surface area contributed by atoms with Gasteiger partial charge in [0.25, 0.3) is 0 Å². The molecule has 0 N–H and O–H groups in total. The Morgan fingerprint density at radius 2 is 0.842 bits per heavy atom. The number of rotatable bonds is 6. The monoisotopic (exact) mass is 726 g/mol. The van der Waals surface area contributed by atoms with Crippen LogP contribution < -0.4 is 0 Å². The molecule has 3 heteroatoms. The Morgan fingerprint density at radius 3 is 1.54 bits per heavy atom. The first-order valence-electron chi connectivity index (χ1n) is 19.3. The van der Waals surface area contributed by atoms with Gasteiger partial charge in [-0.2, -0.15) is 0 Å². The zero-order valence-corrected chi connectivity index (χ0v) is 30.9. The van der Waals surface area contributed by atoms with Gasteiger partial charge >= 0.3 is 0 Å². The molecule has 0 amide bonds. The third-order valence-electron chi connectivity index (χ3n) is 11.1. The predicted octanol–water partition coefficient (Wildman–Crippen LogP) is 14.7. The standard InChI is InChI=1S/C54H34N2O/c1-3-14-39(15-4-1)51-44-20-10-11-21-45(44)52(53-43-19-9-7-13-37(43)31-32-46(51)53)40-29-25-36(26-30-40)35-23-27-38(28-24-35)47-34-48(50-33-42-18-8-12-22-49(42)57-50)56-54(55-47)41-16-5-2-6-17-41/h1-34H. The lowest BCUT2D eigenvalue weighted by molar-refractivity contribution is 0.628. The average Bonchev–Trinajstić information content (AvgIpc) is 3.74. The molecule has 57 heavy (non-hydrogen) atoms. The Bertz CT molecular complexity index is 3220. The van der Waals surface area contributed by atoms with Gasteiger partial charge in [0.15, 0.2) is 11.6 Å². The summed E-state index contributed by atoms with van der Waals surface area (Å²) in [6.45, 7) is 0. The molecule has 0 aliphatic heterocycles. The van der Waals surface area contributed by atoms with Crippen LogP contribution >= 0.6 is 0 Å². The van der Waals surface area contributed by atoms with Crippen LogP contribution in [0.5, 0.6) is 0 Å². The summed E-state index contributed by atoms with van der Waals surface area (Å²) in [4.78, 5) is 10.0. The lowest BCUT2D eigenvalue weighted by atomic mass is 9.84. The molecule has 0 spiro atoms. The molecule has 266 valence electrons. The molecule has 11 aromatic rings. The number of hydrogen-bond donors (Lipinski definition) is 0. The van der Waals surface area contributed by atoms with Crippen LogP contribution in [0.2, 0.25) is 0 Å². The van der Waals surface area contributed by atoms with Crippen molar-refractivity contribution in [2.24, 2.45) is 0 Å². The summed E-state index contributed by atoms with van der Waals surface area (Å²) in [5, 5.41) is 8.59. The van der Waals surface area contributed by atoms with E-state index in [0.717, 1.165) is 50.4 Å². The first-order valence-corrected chi connectivity index (χ1v) is 19.3. The smallest absolute Gasteiger partial charge is 0.160 e. The van der Waals surface area contributed by atoms with E-state index in [0.29, 0.717) is 5.82 Å². The van der Waals surface area contributed by atoms with Gasteiger partial charge in [-0.3, -0.25) is 0 Å². The maximum absolute atomic E-state index is 6.26. The van der Waals surface area contributed by atoms with Crippen LogP contribution in [0.15, 0.2) is 211 Å². The highest BCUT2D eigenvalue weighted by atomic mass is 16.3. The quantitative estimate of drug-likeness (QED) is 0.126. The van der Waals surface area contributed by atoms with Crippen molar-refractivity contribution in [3.63, 3.8) is 0 Å². The van der Waals surface area contributed by atoms with Crippen molar-refractivity contribution in [1.82, 2.24) is 9.97 Å². The molecule has 0 unspecified atom stereocenters. The molecule has 0 bridgehead atoms. The zero-order valence-electron chi connectivity index (χ0n) is 30.9. The summed E-state index contributed by atoms with van der Waals surface area (Å²) < 4.78 is 6.26. The van der Waals surface area contributed by atoms with Gasteiger partial charge in [0.05, 0.1) is 5.69 Å². The number of hydrogen-bond acceptors (Lipinski definition) is 3. The molecule has 0 fully saturated rings. The van der Waals surface area contributed by atoms with Gasteiger partial charge in [-0.05, 0) is 83.9 Å².